The number of rotatable bonds is 2. The van der Waals surface area contributed by atoms with Crippen molar-refractivity contribution in [1.82, 2.24) is 4.90 Å². The van der Waals surface area contributed by atoms with Crippen molar-refractivity contribution in [3.05, 3.63) is 34.1 Å². The van der Waals surface area contributed by atoms with Gasteiger partial charge in [-0.1, -0.05) is 0 Å². The van der Waals surface area contributed by atoms with Crippen molar-refractivity contribution in [2.75, 3.05) is 19.8 Å². The zero-order valence-corrected chi connectivity index (χ0v) is 11.5. The van der Waals surface area contributed by atoms with Crippen LogP contribution in [0.15, 0.2) is 22.7 Å². The fraction of sp³-hybridized carbons (Fsp3) is 0.333. The molecule has 1 atom stereocenters. The van der Waals surface area contributed by atoms with Crippen molar-refractivity contribution in [3.63, 3.8) is 0 Å². The summed E-state index contributed by atoms with van der Waals surface area (Å²) in [6.07, 6.45) is 0. The molecule has 1 fully saturated rings. The number of amides is 2. The molecule has 0 aliphatic carbocycles. The molecular weight excluding hydrogens is 319 g/mol. The number of ether oxygens (including phenoxy) is 1. The van der Waals surface area contributed by atoms with Crippen molar-refractivity contribution >= 4 is 27.7 Å². The van der Waals surface area contributed by atoms with Crippen LogP contribution in [0.3, 0.4) is 0 Å². The van der Waals surface area contributed by atoms with Gasteiger partial charge in [-0.3, -0.25) is 9.59 Å². The van der Waals surface area contributed by atoms with E-state index in [1.807, 2.05) is 0 Å². The van der Waals surface area contributed by atoms with E-state index < -0.39 is 23.7 Å². The molecule has 1 aromatic carbocycles. The molecule has 102 valence electrons. The van der Waals surface area contributed by atoms with Gasteiger partial charge in [0.05, 0.1) is 17.7 Å². The molecule has 0 saturated carbocycles. The summed E-state index contributed by atoms with van der Waals surface area (Å²) >= 11 is 3.02. The second-order valence-electron chi connectivity index (χ2n) is 4.12. The molecule has 1 saturated heterocycles. The van der Waals surface area contributed by atoms with Crippen LogP contribution in [0.1, 0.15) is 10.4 Å². The molecule has 5 nitrogen and oxygen atoms in total. The van der Waals surface area contributed by atoms with Gasteiger partial charge in [0, 0.05) is 12.1 Å². The molecule has 2 N–H and O–H groups in total. The summed E-state index contributed by atoms with van der Waals surface area (Å²) in [6.45, 7) is 0.652. The maximum Gasteiger partial charge on any atom is 0.254 e. The van der Waals surface area contributed by atoms with E-state index in [-0.39, 0.29) is 23.2 Å². The van der Waals surface area contributed by atoms with Crippen molar-refractivity contribution in [1.29, 1.82) is 0 Å². The Morgan fingerprint density at radius 1 is 1.47 bits per heavy atom. The van der Waals surface area contributed by atoms with Crippen molar-refractivity contribution in [3.8, 4) is 0 Å². The maximum atomic E-state index is 13.4. The zero-order chi connectivity index (χ0) is 14.0. The highest BCUT2D eigenvalue weighted by atomic mass is 79.9. The van der Waals surface area contributed by atoms with Crippen molar-refractivity contribution in [2.24, 2.45) is 5.73 Å². The minimum atomic E-state index is -0.812. The highest BCUT2D eigenvalue weighted by Gasteiger charge is 2.32. The lowest BCUT2D eigenvalue weighted by atomic mass is 10.1. The summed E-state index contributed by atoms with van der Waals surface area (Å²) in [5.74, 6) is -1.60. The Labute approximate surface area is 117 Å². The molecular formula is C12H12BrFN2O3. The van der Waals surface area contributed by atoms with Crippen LogP contribution in [0.25, 0.3) is 0 Å². The van der Waals surface area contributed by atoms with Crippen LogP contribution in [-0.2, 0) is 9.53 Å². The molecule has 1 aliphatic heterocycles. The van der Waals surface area contributed by atoms with Gasteiger partial charge in [-0.2, -0.15) is 0 Å². The molecule has 1 aromatic rings. The first-order chi connectivity index (χ1) is 9.00. The van der Waals surface area contributed by atoms with Crippen LogP contribution < -0.4 is 5.73 Å². The van der Waals surface area contributed by atoms with Gasteiger partial charge in [0.15, 0.2) is 0 Å². The van der Waals surface area contributed by atoms with Crippen LogP contribution in [0.5, 0.6) is 0 Å². The summed E-state index contributed by atoms with van der Waals surface area (Å²) in [7, 11) is 0. The minimum Gasteiger partial charge on any atom is -0.377 e. The second-order valence-corrected chi connectivity index (χ2v) is 4.97. The number of hydrogen-bond acceptors (Lipinski definition) is 3. The SMILES string of the molecule is NC(=O)C1COCCN1C(=O)c1ccc(Br)c(F)c1. The molecule has 19 heavy (non-hydrogen) atoms. The smallest absolute Gasteiger partial charge is 0.254 e. The van der Waals surface area contributed by atoms with Crippen LogP contribution >= 0.6 is 15.9 Å². The second kappa shape index (κ2) is 5.66. The van der Waals surface area contributed by atoms with E-state index >= 15 is 0 Å². The number of hydrogen-bond donors (Lipinski definition) is 1. The largest absolute Gasteiger partial charge is 0.377 e. The Hall–Kier alpha value is -1.47. The Morgan fingerprint density at radius 3 is 2.84 bits per heavy atom. The number of carbonyl (C=O) groups is 2. The first-order valence-electron chi connectivity index (χ1n) is 5.64. The fourth-order valence-electron chi connectivity index (χ4n) is 1.88. The van der Waals surface area contributed by atoms with Gasteiger partial charge in [0.2, 0.25) is 5.91 Å². The van der Waals surface area contributed by atoms with E-state index in [1.165, 1.54) is 17.0 Å². The normalized spacial score (nSPS) is 19.3. The molecule has 0 spiro atoms. The van der Waals surface area contributed by atoms with Crippen LogP contribution in [0.2, 0.25) is 0 Å². The Kier molecular flexibility index (Phi) is 4.16. The van der Waals surface area contributed by atoms with E-state index in [0.717, 1.165) is 6.07 Å². The molecule has 0 aromatic heterocycles. The van der Waals surface area contributed by atoms with Crippen molar-refractivity contribution < 1.29 is 18.7 Å². The van der Waals surface area contributed by atoms with Gasteiger partial charge in [-0.15, -0.1) is 0 Å². The number of morpholine rings is 1. The first kappa shape index (κ1) is 14.0. The molecule has 1 heterocycles. The lowest BCUT2D eigenvalue weighted by Crippen LogP contribution is -2.54. The third-order valence-corrected chi connectivity index (χ3v) is 3.53. The van der Waals surface area contributed by atoms with Gasteiger partial charge < -0.3 is 15.4 Å². The highest BCUT2D eigenvalue weighted by molar-refractivity contribution is 9.10. The molecule has 7 heteroatoms. The lowest BCUT2D eigenvalue weighted by molar-refractivity contribution is -0.127. The maximum absolute atomic E-state index is 13.4. The van der Waals surface area contributed by atoms with E-state index in [0.29, 0.717) is 6.61 Å². The first-order valence-corrected chi connectivity index (χ1v) is 6.43. The number of nitrogens with zero attached hydrogens (tertiary/aromatic N) is 1. The monoisotopic (exact) mass is 330 g/mol. The fourth-order valence-corrected chi connectivity index (χ4v) is 2.12. The summed E-state index contributed by atoms with van der Waals surface area (Å²) in [5.41, 5.74) is 5.41. The summed E-state index contributed by atoms with van der Waals surface area (Å²) in [5, 5.41) is 0. The minimum absolute atomic E-state index is 0.0695. The molecule has 2 amide bonds. The van der Waals surface area contributed by atoms with Gasteiger partial charge in [-0.25, -0.2) is 4.39 Å². The average molecular weight is 331 g/mol. The molecule has 0 radical (unpaired) electrons. The number of carbonyl (C=O) groups excluding carboxylic acids is 2. The third-order valence-electron chi connectivity index (χ3n) is 2.88. The van der Waals surface area contributed by atoms with Crippen molar-refractivity contribution in [2.45, 2.75) is 6.04 Å². The molecule has 0 bridgehead atoms. The van der Waals surface area contributed by atoms with Crippen LogP contribution in [-0.4, -0.2) is 42.5 Å². The van der Waals surface area contributed by atoms with E-state index in [9.17, 15) is 14.0 Å². The van der Waals surface area contributed by atoms with Crippen LogP contribution in [0.4, 0.5) is 4.39 Å². The van der Waals surface area contributed by atoms with Gasteiger partial charge in [0.25, 0.3) is 5.91 Å². The lowest BCUT2D eigenvalue weighted by Gasteiger charge is -2.33. The summed E-state index contributed by atoms with van der Waals surface area (Å²) in [4.78, 5) is 24.9. The van der Waals surface area contributed by atoms with E-state index in [2.05, 4.69) is 15.9 Å². The molecule has 1 unspecified atom stereocenters. The number of nitrogens with two attached hydrogens (primary N) is 1. The predicted molar refractivity (Wildman–Crippen MR) is 68.9 cm³/mol. The van der Waals surface area contributed by atoms with Gasteiger partial charge in [-0.05, 0) is 34.1 Å². The average Bonchev–Trinajstić information content (AvgIpc) is 2.41. The van der Waals surface area contributed by atoms with E-state index in [1.54, 1.807) is 0 Å². The predicted octanol–water partition coefficient (Wildman–Crippen LogP) is 0.915. The van der Waals surface area contributed by atoms with E-state index in [4.69, 9.17) is 10.5 Å². The zero-order valence-electron chi connectivity index (χ0n) is 9.94. The molecule has 1 aliphatic rings. The Morgan fingerprint density at radius 2 is 2.21 bits per heavy atom. The standard InChI is InChI=1S/C12H12BrFN2O3/c13-8-2-1-7(5-9(8)14)12(18)16-3-4-19-6-10(16)11(15)17/h1-2,5,10H,3-4,6H2,(H2,15,17). The Bertz CT molecular complexity index is 524. The third kappa shape index (κ3) is 2.93. The summed E-state index contributed by atoms with van der Waals surface area (Å²) in [6, 6.07) is 3.25. The highest BCUT2D eigenvalue weighted by Crippen LogP contribution is 2.19. The summed E-state index contributed by atoms with van der Waals surface area (Å²) < 4.78 is 18.8. The topological polar surface area (TPSA) is 72.6 Å². The van der Waals surface area contributed by atoms with Crippen LogP contribution in [0, 0.1) is 5.82 Å². The van der Waals surface area contributed by atoms with Gasteiger partial charge >= 0.3 is 0 Å². The number of halogens is 2. The molecule has 2 rings (SSSR count). The number of primary amides is 1. The van der Waals surface area contributed by atoms with Gasteiger partial charge in [0.1, 0.15) is 11.9 Å². The quantitative estimate of drug-likeness (QED) is 0.876. The Balaban J connectivity index is 2.26. The number of benzene rings is 1.